The number of nitrogens with zero attached hydrogens (tertiary/aromatic N) is 2. The van der Waals surface area contributed by atoms with E-state index in [-0.39, 0.29) is 0 Å². The monoisotopic (exact) mass is 253 g/mol. The van der Waals surface area contributed by atoms with Crippen molar-refractivity contribution in [1.82, 2.24) is 10.2 Å². The summed E-state index contributed by atoms with van der Waals surface area (Å²) in [7, 11) is 1.89. The van der Waals surface area contributed by atoms with E-state index in [1.165, 1.54) is 25.7 Å². The third kappa shape index (κ3) is 5.74. The molecule has 106 valence electrons. The molecule has 18 heavy (non-hydrogen) atoms. The van der Waals surface area contributed by atoms with Gasteiger partial charge < -0.3 is 10.2 Å². The molecule has 0 radical (unpaired) electrons. The van der Waals surface area contributed by atoms with E-state index < -0.39 is 0 Å². The van der Waals surface area contributed by atoms with Gasteiger partial charge in [0.2, 0.25) is 0 Å². The number of hydrogen-bond donors (Lipinski definition) is 1. The number of rotatable bonds is 3. The number of hydrogen-bond acceptors (Lipinski definition) is 1. The zero-order valence-corrected chi connectivity index (χ0v) is 12.9. The maximum Gasteiger partial charge on any atom is 0.193 e. The van der Waals surface area contributed by atoms with Crippen molar-refractivity contribution in [3.63, 3.8) is 0 Å². The highest BCUT2D eigenvalue weighted by molar-refractivity contribution is 5.79. The Morgan fingerprint density at radius 1 is 1.28 bits per heavy atom. The summed E-state index contributed by atoms with van der Waals surface area (Å²) in [4.78, 5) is 6.80. The van der Waals surface area contributed by atoms with Crippen molar-refractivity contribution in [2.75, 3.05) is 26.7 Å². The Labute approximate surface area is 113 Å². The smallest absolute Gasteiger partial charge is 0.193 e. The van der Waals surface area contributed by atoms with Gasteiger partial charge in [-0.15, -0.1) is 0 Å². The van der Waals surface area contributed by atoms with Gasteiger partial charge in [0.15, 0.2) is 5.96 Å². The van der Waals surface area contributed by atoms with Crippen molar-refractivity contribution in [2.45, 2.75) is 53.4 Å². The molecular weight excluding hydrogens is 222 g/mol. The molecule has 3 nitrogen and oxygen atoms in total. The zero-order valence-electron chi connectivity index (χ0n) is 12.9. The van der Waals surface area contributed by atoms with E-state index in [2.05, 4.69) is 42.9 Å². The quantitative estimate of drug-likeness (QED) is 0.475. The SMILES string of the molecule is CN=C(NCCCC(C)(C)C)N1CCC(C)CC1. The van der Waals surface area contributed by atoms with Gasteiger partial charge in [-0.3, -0.25) is 4.99 Å². The molecule has 1 saturated heterocycles. The standard InChI is InChI=1S/C15H31N3/c1-13-7-11-18(12-8-13)14(16-5)17-10-6-9-15(2,3)4/h13H,6-12H2,1-5H3,(H,16,17). The molecule has 0 bridgehead atoms. The highest BCUT2D eigenvalue weighted by Gasteiger charge is 2.18. The molecule has 1 heterocycles. The highest BCUT2D eigenvalue weighted by Crippen LogP contribution is 2.20. The predicted octanol–water partition coefficient (Wildman–Crippen LogP) is 3.12. The van der Waals surface area contributed by atoms with E-state index in [0.717, 1.165) is 31.5 Å². The lowest BCUT2D eigenvalue weighted by Crippen LogP contribution is -2.45. The van der Waals surface area contributed by atoms with Crippen LogP contribution in [-0.4, -0.2) is 37.5 Å². The fourth-order valence-electron chi connectivity index (χ4n) is 2.37. The largest absolute Gasteiger partial charge is 0.356 e. The van der Waals surface area contributed by atoms with Crippen LogP contribution in [0.3, 0.4) is 0 Å². The second-order valence-corrected chi connectivity index (χ2v) is 6.81. The summed E-state index contributed by atoms with van der Waals surface area (Å²) >= 11 is 0. The molecular formula is C15H31N3. The van der Waals surface area contributed by atoms with Gasteiger partial charge in [-0.25, -0.2) is 0 Å². The van der Waals surface area contributed by atoms with Gasteiger partial charge in [0.25, 0.3) is 0 Å². The van der Waals surface area contributed by atoms with Crippen LogP contribution >= 0.6 is 0 Å². The normalized spacial score (nSPS) is 19.2. The Balaban J connectivity index is 2.26. The summed E-state index contributed by atoms with van der Waals surface area (Å²) in [6.45, 7) is 12.6. The van der Waals surface area contributed by atoms with Crippen LogP contribution in [0.4, 0.5) is 0 Å². The molecule has 0 unspecified atom stereocenters. The van der Waals surface area contributed by atoms with E-state index in [1.54, 1.807) is 0 Å². The fourth-order valence-corrected chi connectivity index (χ4v) is 2.37. The molecule has 1 aliphatic heterocycles. The van der Waals surface area contributed by atoms with Gasteiger partial charge in [-0.1, -0.05) is 27.7 Å². The number of guanidine groups is 1. The molecule has 0 spiro atoms. The predicted molar refractivity (Wildman–Crippen MR) is 80.0 cm³/mol. The molecule has 0 atom stereocenters. The third-order valence-electron chi connectivity index (χ3n) is 3.68. The fraction of sp³-hybridized carbons (Fsp3) is 0.933. The molecule has 1 rings (SSSR count). The van der Waals surface area contributed by atoms with Crippen molar-refractivity contribution in [3.8, 4) is 0 Å². The van der Waals surface area contributed by atoms with Crippen molar-refractivity contribution in [3.05, 3.63) is 0 Å². The summed E-state index contributed by atoms with van der Waals surface area (Å²) < 4.78 is 0. The van der Waals surface area contributed by atoms with Crippen molar-refractivity contribution >= 4 is 5.96 Å². The van der Waals surface area contributed by atoms with Crippen LogP contribution in [0.2, 0.25) is 0 Å². The van der Waals surface area contributed by atoms with Crippen molar-refractivity contribution in [1.29, 1.82) is 0 Å². The van der Waals surface area contributed by atoms with Crippen LogP contribution in [0.1, 0.15) is 53.4 Å². The van der Waals surface area contributed by atoms with E-state index >= 15 is 0 Å². The maximum absolute atomic E-state index is 4.40. The second kappa shape index (κ2) is 7.01. The first-order valence-electron chi connectivity index (χ1n) is 7.38. The van der Waals surface area contributed by atoms with Crippen LogP contribution < -0.4 is 5.32 Å². The molecule has 0 aromatic heterocycles. The van der Waals surface area contributed by atoms with Crippen molar-refractivity contribution in [2.24, 2.45) is 16.3 Å². The Morgan fingerprint density at radius 3 is 2.39 bits per heavy atom. The van der Waals surface area contributed by atoms with E-state index in [4.69, 9.17) is 0 Å². The topological polar surface area (TPSA) is 27.6 Å². The van der Waals surface area contributed by atoms with Crippen LogP contribution in [0, 0.1) is 11.3 Å². The highest BCUT2D eigenvalue weighted by atomic mass is 15.3. The zero-order chi connectivity index (χ0) is 13.6. The second-order valence-electron chi connectivity index (χ2n) is 6.81. The molecule has 1 N–H and O–H groups in total. The van der Waals surface area contributed by atoms with Gasteiger partial charge in [-0.2, -0.15) is 0 Å². The van der Waals surface area contributed by atoms with Gasteiger partial charge in [0, 0.05) is 26.7 Å². The molecule has 0 aliphatic carbocycles. The molecule has 1 aliphatic rings. The van der Waals surface area contributed by atoms with E-state index in [9.17, 15) is 0 Å². The summed E-state index contributed by atoms with van der Waals surface area (Å²) in [5, 5.41) is 3.50. The van der Waals surface area contributed by atoms with Gasteiger partial charge in [0.05, 0.1) is 0 Å². The first-order chi connectivity index (χ1) is 8.42. The minimum absolute atomic E-state index is 0.436. The average molecular weight is 253 g/mol. The average Bonchev–Trinajstić information content (AvgIpc) is 2.29. The summed E-state index contributed by atoms with van der Waals surface area (Å²) in [6.07, 6.45) is 5.06. The minimum Gasteiger partial charge on any atom is -0.356 e. The van der Waals surface area contributed by atoms with Gasteiger partial charge >= 0.3 is 0 Å². The molecule has 0 aromatic rings. The lowest BCUT2D eigenvalue weighted by atomic mass is 9.91. The lowest BCUT2D eigenvalue weighted by Gasteiger charge is -2.33. The third-order valence-corrected chi connectivity index (χ3v) is 3.68. The first kappa shape index (κ1) is 15.3. The first-order valence-corrected chi connectivity index (χ1v) is 7.38. The molecule has 0 amide bonds. The molecule has 1 fully saturated rings. The Bertz CT molecular complexity index is 257. The maximum atomic E-state index is 4.40. The van der Waals surface area contributed by atoms with Crippen LogP contribution in [0.15, 0.2) is 4.99 Å². The molecule has 0 saturated carbocycles. The van der Waals surface area contributed by atoms with Gasteiger partial charge in [-0.05, 0) is 37.0 Å². The summed E-state index contributed by atoms with van der Waals surface area (Å²) in [5.41, 5.74) is 0.436. The summed E-state index contributed by atoms with van der Waals surface area (Å²) in [6, 6.07) is 0. The Morgan fingerprint density at radius 2 is 1.89 bits per heavy atom. The number of aliphatic imine (C=N–C) groups is 1. The lowest BCUT2D eigenvalue weighted by molar-refractivity contribution is 0.272. The Hall–Kier alpha value is -0.730. The molecule has 0 aromatic carbocycles. The summed E-state index contributed by atoms with van der Waals surface area (Å²) in [5.74, 6) is 1.97. The van der Waals surface area contributed by atoms with Crippen LogP contribution in [-0.2, 0) is 0 Å². The molecule has 3 heteroatoms. The van der Waals surface area contributed by atoms with Crippen molar-refractivity contribution < 1.29 is 0 Å². The number of likely N-dealkylation sites (tertiary alicyclic amines) is 1. The number of piperidine rings is 1. The number of nitrogens with one attached hydrogen (secondary N) is 1. The van der Waals surface area contributed by atoms with E-state index in [1.807, 2.05) is 7.05 Å². The van der Waals surface area contributed by atoms with Crippen LogP contribution in [0.5, 0.6) is 0 Å². The van der Waals surface area contributed by atoms with E-state index in [0.29, 0.717) is 5.41 Å². The minimum atomic E-state index is 0.436. The Kier molecular flexibility index (Phi) is 5.97. The van der Waals surface area contributed by atoms with Crippen LogP contribution in [0.25, 0.3) is 0 Å². The van der Waals surface area contributed by atoms with Gasteiger partial charge in [0.1, 0.15) is 0 Å².